The Balaban J connectivity index is 0.00000338. The number of alkyl halides is 3. The van der Waals surface area contributed by atoms with Gasteiger partial charge in [-0.3, -0.25) is 9.69 Å². The van der Waals surface area contributed by atoms with E-state index < -0.39 is 17.6 Å². The molecule has 1 aromatic carbocycles. The summed E-state index contributed by atoms with van der Waals surface area (Å²) in [6.45, 7) is 4.21. The molecule has 0 aliphatic heterocycles. The van der Waals surface area contributed by atoms with Crippen molar-refractivity contribution in [2.75, 3.05) is 17.6 Å². The lowest BCUT2D eigenvalue weighted by Crippen LogP contribution is -2.37. The summed E-state index contributed by atoms with van der Waals surface area (Å²) in [5.74, 6) is -0.511. The van der Waals surface area contributed by atoms with Crippen molar-refractivity contribution in [3.8, 4) is 0 Å². The second-order valence-corrected chi connectivity index (χ2v) is 6.90. The second-order valence-electron chi connectivity index (χ2n) is 5.76. The van der Waals surface area contributed by atoms with Crippen LogP contribution < -0.4 is 11.1 Å². The molecule has 0 spiro atoms. The summed E-state index contributed by atoms with van der Waals surface area (Å²) in [6, 6.07) is 4.94. The number of nitrogens with one attached hydrogen (secondary N) is 1. The van der Waals surface area contributed by atoms with Crippen molar-refractivity contribution in [3.05, 3.63) is 40.9 Å². The fourth-order valence-corrected chi connectivity index (χ4v) is 2.94. The molecule has 1 heterocycles. The SMILES string of the molecule is CC(C)N(CC(=O)Nc1ccccc1C(F)(F)F)Cc1cnc(N)s1.Cl. The van der Waals surface area contributed by atoms with Crippen molar-refractivity contribution in [1.29, 1.82) is 0 Å². The number of hydrogen-bond acceptors (Lipinski definition) is 5. The van der Waals surface area contributed by atoms with Gasteiger partial charge in [0.1, 0.15) is 0 Å². The average Bonchev–Trinajstić information content (AvgIpc) is 2.91. The number of carbonyl (C=O) groups is 1. The maximum absolute atomic E-state index is 13.0. The zero-order chi connectivity index (χ0) is 18.6. The van der Waals surface area contributed by atoms with Crippen LogP contribution in [-0.2, 0) is 17.5 Å². The molecular formula is C16H20ClF3N4OS. The first kappa shape index (κ1) is 22.2. The quantitative estimate of drug-likeness (QED) is 0.757. The highest BCUT2D eigenvalue weighted by Gasteiger charge is 2.33. The van der Waals surface area contributed by atoms with Crippen LogP contribution in [0.1, 0.15) is 24.3 Å². The van der Waals surface area contributed by atoms with Crippen molar-refractivity contribution in [2.45, 2.75) is 32.6 Å². The number of halogens is 4. The molecule has 1 aromatic heterocycles. The first-order valence-electron chi connectivity index (χ1n) is 7.57. The highest BCUT2D eigenvalue weighted by atomic mass is 35.5. The molecule has 1 amide bonds. The van der Waals surface area contributed by atoms with Crippen LogP contribution >= 0.6 is 23.7 Å². The van der Waals surface area contributed by atoms with Gasteiger partial charge in [0.15, 0.2) is 5.13 Å². The Morgan fingerprint density at radius 2 is 2.00 bits per heavy atom. The maximum Gasteiger partial charge on any atom is 0.418 e. The smallest absolute Gasteiger partial charge is 0.375 e. The summed E-state index contributed by atoms with van der Waals surface area (Å²) in [5, 5.41) is 2.79. The number of anilines is 2. The van der Waals surface area contributed by atoms with E-state index >= 15 is 0 Å². The topological polar surface area (TPSA) is 71.2 Å². The molecule has 10 heteroatoms. The van der Waals surface area contributed by atoms with Crippen LogP contribution in [0.15, 0.2) is 30.5 Å². The fraction of sp³-hybridized carbons (Fsp3) is 0.375. The third kappa shape index (κ3) is 6.15. The van der Waals surface area contributed by atoms with Crippen LogP contribution in [0.2, 0.25) is 0 Å². The van der Waals surface area contributed by atoms with Crippen LogP contribution in [0.4, 0.5) is 24.0 Å². The van der Waals surface area contributed by atoms with Gasteiger partial charge in [-0.05, 0) is 26.0 Å². The van der Waals surface area contributed by atoms with Crippen molar-refractivity contribution >= 4 is 40.5 Å². The molecule has 0 unspecified atom stereocenters. The minimum absolute atomic E-state index is 0. The Kier molecular flexibility index (Phi) is 7.86. The predicted octanol–water partition coefficient (Wildman–Crippen LogP) is 4.02. The predicted molar refractivity (Wildman–Crippen MR) is 99.4 cm³/mol. The van der Waals surface area contributed by atoms with Gasteiger partial charge in [-0.1, -0.05) is 12.1 Å². The van der Waals surface area contributed by atoms with E-state index in [1.165, 1.54) is 29.5 Å². The largest absolute Gasteiger partial charge is 0.418 e. The summed E-state index contributed by atoms with van der Waals surface area (Å²) < 4.78 is 39.0. The lowest BCUT2D eigenvalue weighted by Gasteiger charge is -2.25. The Hall–Kier alpha value is -1.84. The molecule has 2 rings (SSSR count). The van der Waals surface area contributed by atoms with E-state index in [-0.39, 0.29) is 30.7 Å². The monoisotopic (exact) mass is 408 g/mol. The fourth-order valence-electron chi connectivity index (χ4n) is 2.23. The zero-order valence-electron chi connectivity index (χ0n) is 14.2. The van der Waals surface area contributed by atoms with Crippen molar-refractivity contribution in [3.63, 3.8) is 0 Å². The number of hydrogen-bond donors (Lipinski definition) is 2. The van der Waals surface area contributed by atoms with Gasteiger partial charge < -0.3 is 11.1 Å². The zero-order valence-corrected chi connectivity index (χ0v) is 15.8. The Bertz CT molecular complexity index is 736. The molecule has 0 radical (unpaired) electrons. The Morgan fingerprint density at radius 1 is 1.35 bits per heavy atom. The van der Waals surface area contributed by atoms with Gasteiger partial charge in [0.05, 0.1) is 17.8 Å². The van der Waals surface area contributed by atoms with Gasteiger partial charge >= 0.3 is 6.18 Å². The summed E-state index contributed by atoms with van der Waals surface area (Å²) in [7, 11) is 0. The first-order valence-corrected chi connectivity index (χ1v) is 8.38. The van der Waals surface area contributed by atoms with Crippen LogP contribution in [-0.4, -0.2) is 28.4 Å². The van der Waals surface area contributed by atoms with E-state index in [0.717, 1.165) is 10.9 Å². The van der Waals surface area contributed by atoms with Crippen molar-refractivity contribution in [2.24, 2.45) is 0 Å². The van der Waals surface area contributed by atoms with Crippen LogP contribution in [0, 0.1) is 0 Å². The molecular weight excluding hydrogens is 389 g/mol. The molecule has 3 N–H and O–H groups in total. The molecule has 0 bridgehead atoms. The standard InChI is InChI=1S/C16H19F3N4OS.ClH/c1-10(2)23(8-11-7-21-15(20)25-11)9-14(24)22-13-6-4-3-5-12(13)16(17,18)19;/h3-7,10H,8-9H2,1-2H3,(H2,20,21)(H,22,24);1H. The van der Waals surface area contributed by atoms with Crippen molar-refractivity contribution < 1.29 is 18.0 Å². The minimum atomic E-state index is -4.53. The van der Waals surface area contributed by atoms with Crippen LogP contribution in [0.5, 0.6) is 0 Å². The van der Waals surface area contributed by atoms with E-state index in [4.69, 9.17) is 5.73 Å². The third-order valence-electron chi connectivity index (χ3n) is 3.51. The van der Waals surface area contributed by atoms with E-state index in [9.17, 15) is 18.0 Å². The molecule has 0 saturated heterocycles. The second kappa shape index (κ2) is 9.20. The number of aromatic nitrogens is 1. The van der Waals surface area contributed by atoms with E-state index in [2.05, 4.69) is 10.3 Å². The Morgan fingerprint density at radius 3 is 2.54 bits per heavy atom. The van der Waals surface area contributed by atoms with Gasteiger partial charge in [0, 0.05) is 23.7 Å². The Labute approximate surface area is 159 Å². The van der Waals surface area contributed by atoms with Gasteiger partial charge in [-0.15, -0.1) is 23.7 Å². The molecule has 0 aliphatic carbocycles. The van der Waals surface area contributed by atoms with Gasteiger partial charge in [0.25, 0.3) is 0 Å². The van der Waals surface area contributed by atoms with Gasteiger partial charge in [-0.25, -0.2) is 4.98 Å². The van der Waals surface area contributed by atoms with Crippen LogP contribution in [0.3, 0.4) is 0 Å². The maximum atomic E-state index is 13.0. The summed E-state index contributed by atoms with van der Waals surface area (Å²) in [5.41, 5.74) is 4.48. The molecule has 0 atom stereocenters. The van der Waals surface area contributed by atoms with Gasteiger partial charge in [0.2, 0.25) is 5.91 Å². The molecule has 2 aromatic rings. The molecule has 0 saturated carbocycles. The summed E-state index contributed by atoms with van der Waals surface area (Å²) >= 11 is 1.31. The number of nitrogens with zero attached hydrogens (tertiary/aromatic N) is 2. The molecule has 26 heavy (non-hydrogen) atoms. The summed E-state index contributed by atoms with van der Waals surface area (Å²) in [4.78, 5) is 18.9. The number of rotatable bonds is 6. The molecule has 0 aliphatic rings. The highest BCUT2D eigenvalue weighted by molar-refractivity contribution is 7.15. The number of thiazole rings is 1. The summed E-state index contributed by atoms with van der Waals surface area (Å²) in [6.07, 6.45) is -2.89. The first-order chi connectivity index (χ1) is 11.7. The highest BCUT2D eigenvalue weighted by Crippen LogP contribution is 2.34. The van der Waals surface area contributed by atoms with Crippen molar-refractivity contribution in [1.82, 2.24) is 9.88 Å². The number of amides is 1. The molecule has 144 valence electrons. The number of para-hydroxylation sites is 1. The number of carbonyl (C=O) groups excluding carboxylic acids is 1. The van der Waals surface area contributed by atoms with Crippen LogP contribution in [0.25, 0.3) is 0 Å². The molecule has 5 nitrogen and oxygen atoms in total. The van der Waals surface area contributed by atoms with E-state index in [1.807, 2.05) is 18.7 Å². The third-order valence-corrected chi connectivity index (χ3v) is 4.33. The lowest BCUT2D eigenvalue weighted by atomic mass is 10.1. The minimum Gasteiger partial charge on any atom is -0.375 e. The molecule has 0 fully saturated rings. The van der Waals surface area contributed by atoms with E-state index in [1.54, 1.807) is 6.20 Å². The van der Waals surface area contributed by atoms with Gasteiger partial charge in [-0.2, -0.15) is 13.2 Å². The normalized spacial score (nSPS) is 11.5. The number of benzene rings is 1. The number of nitrogens with two attached hydrogens (primary N) is 1. The average molecular weight is 409 g/mol. The number of nitrogen functional groups attached to an aromatic ring is 1. The lowest BCUT2D eigenvalue weighted by molar-refractivity contribution is -0.137. The van der Waals surface area contributed by atoms with E-state index in [0.29, 0.717) is 11.7 Å².